The lowest BCUT2D eigenvalue weighted by Crippen LogP contribution is -2.41. The van der Waals surface area contributed by atoms with Crippen LogP contribution < -0.4 is 4.57 Å². The zero-order chi connectivity index (χ0) is 14.2. The fourth-order valence-electron chi connectivity index (χ4n) is 2.17. The summed E-state index contributed by atoms with van der Waals surface area (Å²) in [6, 6.07) is 11.1. The van der Waals surface area contributed by atoms with Crippen molar-refractivity contribution >= 4 is 6.02 Å². The predicted octanol–water partition coefficient (Wildman–Crippen LogP) is 2.41. The third-order valence-corrected chi connectivity index (χ3v) is 3.55. The monoisotopic (exact) mass is 270 g/mol. The quantitative estimate of drug-likeness (QED) is 0.732. The summed E-state index contributed by atoms with van der Waals surface area (Å²) in [6.07, 6.45) is 5.96. The van der Waals surface area contributed by atoms with E-state index < -0.39 is 0 Å². The van der Waals surface area contributed by atoms with Crippen LogP contribution in [0, 0.1) is 5.41 Å². The molecule has 1 aliphatic heterocycles. The number of para-hydroxylation sites is 1. The Bertz CT molecular complexity index is 623. The summed E-state index contributed by atoms with van der Waals surface area (Å²) in [5.41, 5.74) is 1.25. The molecule has 2 aromatic rings. The minimum atomic E-state index is 0.129. The van der Waals surface area contributed by atoms with Gasteiger partial charge in [0.2, 0.25) is 6.33 Å². The van der Waals surface area contributed by atoms with Crippen LogP contribution in [0.1, 0.15) is 20.8 Å². The highest BCUT2D eigenvalue weighted by Crippen LogP contribution is 2.25. The van der Waals surface area contributed by atoms with Gasteiger partial charge in [-0.2, -0.15) is 4.57 Å². The van der Waals surface area contributed by atoms with Crippen molar-refractivity contribution < 1.29 is 9.30 Å². The van der Waals surface area contributed by atoms with Gasteiger partial charge in [0.1, 0.15) is 18.5 Å². The minimum Gasteiger partial charge on any atom is -0.437 e. The second kappa shape index (κ2) is 4.78. The van der Waals surface area contributed by atoms with Crippen molar-refractivity contribution in [3.8, 4) is 5.69 Å². The van der Waals surface area contributed by atoms with Crippen LogP contribution in [0.15, 0.2) is 54.0 Å². The molecule has 0 aliphatic carbocycles. The van der Waals surface area contributed by atoms with Crippen molar-refractivity contribution in [3.05, 3.63) is 49.1 Å². The van der Waals surface area contributed by atoms with Crippen molar-refractivity contribution in [1.82, 2.24) is 4.57 Å². The van der Waals surface area contributed by atoms with E-state index >= 15 is 0 Å². The Labute approximate surface area is 119 Å². The molecule has 1 aromatic carbocycles. The van der Waals surface area contributed by atoms with Gasteiger partial charge in [-0.25, -0.2) is 4.57 Å². The molecule has 104 valence electrons. The molecule has 0 fully saturated rings. The van der Waals surface area contributed by atoms with Crippen LogP contribution in [0.25, 0.3) is 5.69 Å². The first-order chi connectivity index (χ1) is 9.54. The average molecular weight is 270 g/mol. The van der Waals surface area contributed by atoms with Crippen LogP contribution in [0.4, 0.5) is 0 Å². The van der Waals surface area contributed by atoms with Gasteiger partial charge in [0, 0.05) is 5.41 Å². The molecule has 1 aliphatic rings. The Morgan fingerprint density at radius 3 is 2.65 bits per heavy atom. The minimum absolute atomic E-state index is 0.129. The molecule has 0 radical (unpaired) electrons. The van der Waals surface area contributed by atoms with E-state index in [1.54, 1.807) is 0 Å². The molecule has 1 atom stereocenters. The maximum atomic E-state index is 5.73. The van der Waals surface area contributed by atoms with Crippen molar-refractivity contribution in [2.45, 2.75) is 26.8 Å². The van der Waals surface area contributed by atoms with E-state index in [2.05, 4.69) is 42.5 Å². The number of aromatic nitrogens is 2. The molecule has 4 heteroatoms. The SMILES string of the molecule is CC(C)(C)[C@H]1COC([n+]2ccn(-c3ccccc3)c2)=N1. The molecule has 0 amide bonds. The van der Waals surface area contributed by atoms with Crippen LogP contribution in [-0.2, 0) is 4.74 Å². The standard InChI is InChI=1S/C16H20N3O/c1-16(2,3)14-11-20-15(17-14)19-10-9-18(12-19)13-7-5-4-6-8-13/h4-10,12,14H,11H2,1-3H3/q+1/t14-/m1/s1. The van der Waals surface area contributed by atoms with Crippen LogP contribution >= 0.6 is 0 Å². The summed E-state index contributed by atoms with van der Waals surface area (Å²) in [5, 5.41) is 0. The van der Waals surface area contributed by atoms with E-state index in [1.165, 1.54) is 0 Å². The molecule has 0 spiro atoms. The summed E-state index contributed by atoms with van der Waals surface area (Å²) in [4.78, 5) is 4.68. The number of hydrogen-bond acceptors (Lipinski definition) is 2. The molecule has 0 unspecified atom stereocenters. The third-order valence-electron chi connectivity index (χ3n) is 3.55. The van der Waals surface area contributed by atoms with Crippen molar-refractivity contribution in [3.63, 3.8) is 0 Å². The lowest BCUT2D eigenvalue weighted by Gasteiger charge is -2.18. The second-order valence-electron chi connectivity index (χ2n) is 6.17. The Morgan fingerprint density at radius 1 is 1.25 bits per heavy atom. The zero-order valence-electron chi connectivity index (χ0n) is 12.2. The molecule has 0 bridgehead atoms. The number of nitrogens with zero attached hydrogens (tertiary/aromatic N) is 3. The molecular weight excluding hydrogens is 250 g/mol. The predicted molar refractivity (Wildman–Crippen MR) is 78.0 cm³/mol. The molecule has 0 saturated carbocycles. The molecule has 1 aromatic heterocycles. The van der Waals surface area contributed by atoms with Gasteiger partial charge in [0.15, 0.2) is 6.04 Å². The van der Waals surface area contributed by atoms with Gasteiger partial charge in [-0.05, 0) is 12.1 Å². The summed E-state index contributed by atoms with van der Waals surface area (Å²) < 4.78 is 9.71. The van der Waals surface area contributed by atoms with Crippen molar-refractivity contribution in [1.29, 1.82) is 0 Å². The fraction of sp³-hybridized carbons (Fsp3) is 0.375. The Morgan fingerprint density at radius 2 is 2.00 bits per heavy atom. The van der Waals surface area contributed by atoms with Gasteiger partial charge in [-0.15, -0.1) is 4.99 Å². The summed E-state index contributed by atoms with van der Waals surface area (Å²) >= 11 is 0. The molecule has 0 N–H and O–H groups in total. The van der Waals surface area contributed by atoms with E-state index in [0.29, 0.717) is 12.6 Å². The van der Waals surface area contributed by atoms with Gasteiger partial charge >= 0.3 is 6.02 Å². The number of imidazole rings is 1. The molecule has 3 rings (SSSR count). The second-order valence-corrected chi connectivity index (χ2v) is 6.17. The van der Waals surface area contributed by atoms with E-state index in [1.807, 2.05) is 41.5 Å². The molecule has 0 saturated heterocycles. The first-order valence-corrected chi connectivity index (χ1v) is 6.90. The van der Waals surface area contributed by atoms with Crippen LogP contribution in [0.5, 0.6) is 0 Å². The summed E-state index contributed by atoms with van der Waals surface area (Å²) in [6.45, 7) is 7.22. The maximum Gasteiger partial charge on any atom is 0.433 e. The van der Waals surface area contributed by atoms with Crippen LogP contribution in [0.2, 0.25) is 0 Å². The smallest absolute Gasteiger partial charge is 0.433 e. The summed E-state index contributed by atoms with van der Waals surface area (Å²) in [7, 11) is 0. The van der Waals surface area contributed by atoms with Crippen LogP contribution in [0.3, 0.4) is 0 Å². The number of hydrogen-bond donors (Lipinski definition) is 0. The van der Waals surface area contributed by atoms with E-state index in [4.69, 9.17) is 4.74 Å². The number of aliphatic imine (C=N–C) groups is 1. The van der Waals surface area contributed by atoms with Gasteiger partial charge in [-0.3, -0.25) is 0 Å². The molecule has 2 heterocycles. The lowest BCUT2D eigenvalue weighted by molar-refractivity contribution is -0.569. The molecule has 4 nitrogen and oxygen atoms in total. The Kier molecular flexibility index (Phi) is 3.08. The molecular formula is C16H20N3O+. The topological polar surface area (TPSA) is 30.4 Å². The zero-order valence-corrected chi connectivity index (χ0v) is 12.2. The highest BCUT2D eigenvalue weighted by Gasteiger charge is 2.35. The Hall–Kier alpha value is -2.10. The third kappa shape index (κ3) is 2.46. The van der Waals surface area contributed by atoms with Crippen molar-refractivity contribution in [2.24, 2.45) is 10.4 Å². The van der Waals surface area contributed by atoms with E-state index in [0.717, 1.165) is 5.69 Å². The van der Waals surface area contributed by atoms with E-state index in [9.17, 15) is 0 Å². The average Bonchev–Trinajstić information content (AvgIpc) is 3.08. The van der Waals surface area contributed by atoms with Gasteiger partial charge in [-0.1, -0.05) is 39.0 Å². The number of benzene rings is 1. The highest BCUT2D eigenvalue weighted by molar-refractivity contribution is 5.65. The summed E-state index contributed by atoms with van der Waals surface area (Å²) in [5.74, 6) is 0. The highest BCUT2D eigenvalue weighted by atomic mass is 16.5. The van der Waals surface area contributed by atoms with Gasteiger partial charge in [0.05, 0.1) is 6.20 Å². The number of ether oxygens (including phenoxy) is 1. The normalized spacial score (nSPS) is 18.8. The molecule has 20 heavy (non-hydrogen) atoms. The van der Waals surface area contributed by atoms with Crippen molar-refractivity contribution in [2.75, 3.05) is 6.61 Å². The fourth-order valence-corrected chi connectivity index (χ4v) is 2.17. The van der Waals surface area contributed by atoms with Crippen LogP contribution in [-0.4, -0.2) is 23.2 Å². The number of rotatable bonds is 1. The first kappa shape index (κ1) is 12.9. The maximum absolute atomic E-state index is 5.73. The van der Waals surface area contributed by atoms with E-state index in [-0.39, 0.29) is 11.5 Å². The lowest BCUT2D eigenvalue weighted by atomic mass is 9.88. The Balaban J connectivity index is 1.85. The van der Waals surface area contributed by atoms with Gasteiger partial charge in [0.25, 0.3) is 0 Å². The largest absolute Gasteiger partial charge is 0.437 e. The van der Waals surface area contributed by atoms with Gasteiger partial charge < -0.3 is 4.74 Å². The first-order valence-electron chi connectivity index (χ1n) is 6.90.